The molecule has 0 aliphatic heterocycles. The molecule has 3 heteroatoms. The van der Waals surface area contributed by atoms with Crippen molar-refractivity contribution in [2.24, 2.45) is 5.92 Å². The highest BCUT2D eigenvalue weighted by atomic mass is 16.5. The number of hydrogen-bond donors (Lipinski definition) is 1. The summed E-state index contributed by atoms with van der Waals surface area (Å²) in [5.41, 5.74) is 2.43. The summed E-state index contributed by atoms with van der Waals surface area (Å²) in [5, 5.41) is 10.0. The summed E-state index contributed by atoms with van der Waals surface area (Å²) in [7, 11) is 0. The lowest BCUT2D eigenvalue weighted by Gasteiger charge is -2.11. The third-order valence-electron chi connectivity index (χ3n) is 5.60. The molecule has 1 heterocycles. The minimum absolute atomic E-state index is 0.345. The average Bonchev–Trinajstić information content (AvgIpc) is 3.52. The summed E-state index contributed by atoms with van der Waals surface area (Å²) in [6.45, 7) is 1.18. The fourth-order valence-corrected chi connectivity index (χ4v) is 3.70. The van der Waals surface area contributed by atoms with Crippen molar-refractivity contribution in [1.82, 2.24) is 4.98 Å². The molecule has 0 unspecified atom stereocenters. The Bertz CT molecular complexity index is 681. The lowest BCUT2D eigenvalue weighted by atomic mass is 10.0. The molecule has 1 aromatic heterocycles. The van der Waals surface area contributed by atoms with Gasteiger partial charge in [-0.1, -0.05) is 57.1 Å². The Morgan fingerprint density at radius 1 is 0.889 bits per heavy atom. The molecule has 27 heavy (non-hydrogen) atoms. The standard InChI is InChI=1S/C24H35NO2/c26-18-9-7-5-3-1-2-4-6-8-11-21-16-17-25-24-22(21)12-10-13-23(24)27-19-20-14-15-20/h10,12-13,16-17,20,26H,1-9,11,14-15,18-19H2. The lowest BCUT2D eigenvalue weighted by molar-refractivity contribution is 0.282. The molecule has 3 nitrogen and oxygen atoms in total. The van der Waals surface area contributed by atoms with Crippen LogP contribution in [0, 0.1) is 5.92 Å². The molecule has 1 aromatic carbocycles. The molecule has 0 spiro atoms. The van der Waals surface area contributed by atoms with Crippen LogP contribution in [0.25, 0.3) is 10.9 Å². The summed E-state index contributed by atoms with van der Waals surface area (Å²) in [6, 6.07) is 8.52. The number of pyridine rings is 1. The summed E-state index contributed by atoms with van der Waals surface area (Å²) in [5.74, 6) is 1.71. The van der Waals surface area contributed by atoms with E-state index in [1.807, 2.05) is 6.20 Å². The topological polar surface area (TPSA) is 42.4 Å². The van der Waals surface area contributed by atoms with Crippen LogP contribution >= 0.6 is 0 Å². The van der Waals surface area contributed by atoms with Gasteiger partial charge in [0, 0.05) is 18.2 Å². The largest absolute Gasteiger partial charge is 0.491 e. The molecule has 0 amide bonds. The molecule has 0 bridgehead atoms. The van der Waals surface area contributed by atoms with E-state index >= 15 is 0 Å². The van der Waals surface area contributed by atoms with Crippen LogP contribution in [-0.2, 0) is 6.42 Å². The SMILES string of the molecule is OCCCCCCCCCCCc1ccnc2c(OCC3CC3)cccc12. The number of para-hydroxylation sites is 1. The predicted molar refractivity (Wildman–Crippen MR) is 112 cm³/mol. The normalized spacial score (nSPS) is 14.0. The zero-order valence-corrected chi connectivity index (χ0v) is 16.7. The molecule has 1 aliphatic rings. The van der Waals surface area contributed by atoms with Gasteiger partial charge < -0.3 is 9.84 Å². The maximum absolute atomic E-state index is 8.78. The first-order chi connectivity index (χ1) is 13.4. The molecule has 148 valence electrons. The van der Waals surface area contributed by atoms with Gasteiger partial charge in [0.2, 0.25) is 0 Å². The number of rotatable bonds is 14. The number of benzene rings is 1. The highest BCUT2D eigenvalue weighted by Crippen LogP contribution is 2.32. The van der Waals surface area contributed by atoms with Crippen LogP contribution in [0.2, 0.25) is 0 Å². The van der Waals surface area contributed by atoms with Gasteiger partial charge in [-0.3, -0.25) is 4.98 Å². The van der Waals surface area contributed by atoms with Gasteiger partial charge in [-0.15, -0.1) is 0 Å². The van der Waals surface area contributed by atoms with E-state index in [1.165, 1.54) is 75.2 Å². The number of aromatic nitrogens is 1. The molecule has 2 aromatic rings. The summed E-state index contributed by atoms with van der Waals surface area (Å²) in [6.07, 6.45) is 17.0. The maximum Gasteiger partial charge on any atom is 0.145 e. The number of aliphatic hydroxyl groups is 1. The second-order valence-electron chi connectivity index (χ2n) is 8.03. The van der Waals surface area contributed by atoms with Crippen molar-refractivity contribution in [2.45, 2.75) is 77.0 Å². The highest BCUT2D eigenvalue weighted by Gasteiger charge is 2.22. The van der Waals surface area contributed by atoms with Gasteiger partial charge in [-0.05, 0) is 55.7 Å². The Kier molecular flexibility index (Phi) is 8.41. The number of nitrogens with zero attached hydrogens (tertiary/aromatic N) is 1. The first-order valence-corrected chi connectivity index (χ1v) is 11.0. The highest BCUT2D eigenvalue weighted by molar-refractivity contribution is 5.87. The fraction of sp³-hybridized carbons (Fsp3) is 0.625. The molecule has 0 saturated heterocycles. The number of ether oxygens (including phenoxy) is 1. The van der Waals surface area contributed by atoms with Crippen LogP contribution in [0.1, 0.15) is 76.2 Å². The van der Waals surface area contributed by atoms with Crippen molar-refractivity contribution >= 4 is 10.9 Å². The minimum atomic E-state index is 0.345. The molecule has 1 fully saturated rings. The molecule has 1 N–H and O–H groups in total. The van der Waals surface area contributed by atoms with Crippen LogP contribution in [0.4, 0.5) is 0 Å². The Hall–Kier alpha value is -1.61. The first kappa shape index (κ1) is 20.1. The van der Waals surface area contributed by atoms with Crippen LogP contribution in [0.5, 0.6) is 5.75 Å². The van der Waals surface area contributed by atoms with E-state index < -0.39 is 0 Å². The monoisotopic (exact) mass is 369 g/mol. The molecule has 3 rings (SSSR count). The molecule has 1 aliphatic carbocycles. The molecular formula is C24H35NO2. The molecular weight excluding hydrogens is 334 g/mol. The van der Waals surface area contributed by atoms with Crippen molar-refractivity contribution in [3.05, 3.63) is 36.0 Å². The Labute approximate surface area is 164 Å². The summed E-state index contributed by atoms with van der Waals surface area (Å²) in [4.78, 5) is 4.60. The van der Waals surface area contributed by atoms with Crippen molar-refractivity contribution in [1.29, 1.82) is 0 Å². The van der Waals surface area contributed by atoms with Gasteiger partial charge in [-0.25, -0.2) is 0 Å². The number of aryl methyl sites for hydroxylation is 1. The predicted octanol–water partition coefficient (Wildman–Crippen LogP) is 6.07. The fourth-order valence-electron chi connectivity index (χ4n) is 3.70. The van der Waals surface area contributed by atoms with Gasteiger partial charge in [0.1, 0.15) is 11.3 Å². The Balaban J connectivity index is 1.40. The second kappa shape index (κ2) is 11.3. The second-order valence-corrected chi connectivity index (χ2v) is 8.03. The van der Waals surface area contributed by atoms with Crippen LogP contribution in [0.3, 0.4) is 0 Å². The maximum atomic E-state index is 8.78. The van der Waals surface area contributed by atoms with E-state index in [-0.39, 0.29) is 0 Å². The number of aliphatic hydroxyl groups excluding tert-OH is 1. The van der Waals surface area contributed by atoms with Crippen molar-refractivity contribution < 1.29 is 9.84 Å². The van der Waals surface area contributed by atoms with Crippen LogP contribution in [0.15, 0.2) is 30.5 Å². The van der Waals surface area contributed by atoms with Crippen molar-refractivity contribution in [2.75, 3.05) is 13.2 Å². The van der Waals surface area contributed by atoms with Gasteiger partial charge in [-0.2, -0.15) is 0 Å². The van der Waals surface area contributed by atoms with E-state index in [1.54, 1.807) is 0 Å². The van der Waals surface area contributed by atoms with Crippen molar-refractivity contribution in [3.8, 4) is 5.75 Å². The smallest absolute Gasteiger partial charge is 0.145 e. The summed E-state index contributed by atoms with van der Waals surface area (Å²) < 4.78 is 6.03. The third-order valence-corrected chi connectivity index (χ3v) is 5.60. The summed E-state index contributed by atoms with van der Waals surface area (Å²) >= 11 is 0. The van der Waals surface area contributed by atoms with Crippen LogP contribution < -0.4 is 4.74 Å². The van der Waals surface area contributed by atoms with E-state index in [2.05, 4.69) is 29.2 Å². The Morgan fingerprint density at radius 2 is 1.59 bits per heavy atom. The van der Waals surface area contributed by atoms with Gasteiger partial charge in [0.25, 0.3) is 0 Å². The van der Waals surface area contributed by atoms with E-state index in [0.29, 0.717) is 6.61 Å². The zero-order valence-electron chi connectivity index (χ0n) is 16.7. The van der Waals surface area contributed by atoms with Crippen molar-refractivity contribution in [3.63, 3.8) is 0 Å². The zero-order chi connectivity index (χ0) is 18.7. The number of fused-ring (bicyclic) bond motifs is 1. The lowest BCUT2D eigenvalue weighted by Crippen LogP contribution is -2.00. The molecule has 1 saturated carbocycles. The van der Waals surface area contributed by atoms with Gasteiger partial charge >= 0.3 is 0 Å². The van der Waals surface area contributed by atoms with E-state index in [0.717, 1.165) is 36.6 Å². The number of hydrogen-bond acceptors (Lipinski definition) is 3. The van der Waals surface area contributed by atoms with Gasteiger partial charge in [0.05, 0.1) is 6.61 Å². The van der Waals surface area contributed by atoms with E-state index in [9.17, 15) is 0 Å². The van der Waals surface area contributed by atoms with Gasteiger partial charge in [0.15, 0.2) is 0 Å². The molecule has 0 radical (unpaired) electrons. The molecule has 0 atom stereocenters. The average molecular weight is 370 g/mol. The first-order valence-electron chi connectivity index (χ1n) is 11.0. The number of unbranched alkanes of at least 4 members (excludes halogenated alkanes) is 8. The Morgan fingerprint density at radius 3 is 2.30 bits per heavy atom. The quantitative estimate of drug-likeness (QED) is 0.411. The van der Waals surface area contributed by atoms with E-state index in [4.69, 9.17) is 9.84 Å². The third kappa shape index (κ3) is 6.80. The minimum Gasteiger partial charge on any atom is -0.491 e. The van der Waals surface area contributed by atoms with Crippen LogP contribution in [-0.4, -0.2) is 23.3 Å².